The summed E-state index contributed by atoms with van der Waals surface area (Å²) >= 11 is 0. The summed E-state index contributed by atoms with van der Waals surface area (Å²) in [7, 11) is 4.02. The summed E-state index contributed by atoms with van der Waals surface area (Å²) in [5.74, 6) is 0.485. The number of anilines is 1. The third kappa shape index (κ3) is 5.86. The number of nitrogens with zero attached hydrogens (tertiary/aromatic N) is 4. The molecule has 7 rings (SSSR count). The quantitative estimate of drug-likeness (QED) is 0.162. The number of hydrogen-bond donors (Lipinski definition) is 4. The molecule has 4 N–H and O–H groups in total. The molecular weight excluding hydrogens is 555 g/mol. The fraction of sp³-hybridized carbons (Fsp3) is 0.265. The molecule has 0 bridgehead atoms. The number of hydrogen-bond acceptors (Lipinski definition) is 7. The number of pyridine rings is 2. The highest BCUT2D eigenvalue weighted by molar-refractivity contribution is 6.01. The Hall–Kier alpha value is -4.80. The van der Waals surface area contributed by atoms with Gasteiger partial charge >= 0.3 is 0 Å². The first kappa shape index (κ1) is 28.0. The highest BCUT2D eigenvalue weighted by Crippen LogP contribution is 2.36. The normalized spacial score (nSPS) is 14.1. The van der Waals surface area contributed by atoms with Crippen molar-refractivity contribution in [1.82, 2.24) is 35.4 Å². The molecule has 1 aliphatic heterocycles. The summed E-state index contributed by atoms with van der Waals surface area (Å²) in [5, 5.41) is 16.5. The van der Waals surface area contributed by atoms with Crippen LogP contribution >= 0.6 is 0 Å². The number of likely N-dealkylation sites (N-methyl/N-ethyl adjacent to an activating group) is 1. The number of aromatic nitrogens is 5. The van der Waals surface area contributed by atoms with Crippen molar-refractivity contribution in [2.45, 2.75) is 18.9 Å². The van der Waals surface area contributed by atoms with Crippen LogP contribution in [0.2, 0.25) is 0 Å². The van der Waals surface area contributed by atoms with Crippen LogP contribution in [0, 0.1) is 5.82 Å². The summed E-state index contributed by atoms with van der Waals surface area (Å²) in [5.41, 5.74) is 7.76. The van der Waals surface area contributed by atoms with Crippen LogP contribution in [0.4, 0.5) is 10.1 Å². The van der Waals surface area contributed by atoms with E-state index in [1.165, 1.54) is 6.07 Å². The van der Waals surface area contributed by atoms with Gasteiger partial charge in [0.15, 0.2) is 0 Å². The summed E-state index contributed by atoms with van der Waals surface area (Å²) in [4.78, 5) is 14.5. The molecule has 0 radical (unpaired) electrons. The number of ether oxygens (including phenoxy) is 1. The topological polar surface area (TPSA) is 107 Å². The van der Waals surface area contributed by atoms with Crippen molar-refractivity contribution in [2.75, 3.05) is 45.6 Å². The Kier molecular flexibility index (Phi) is 7.68. The SMILES string of the molecule is CN(C)CCNc1cc(F)cc(-c2cncc3[nH]c(-c4n[nH]c5ccc(-c6cncc(OC7CCNCC7)c6)cc45)cc23)c1. The lowest BCUT2D eigenvalue weighted by Gasteiger charge is -2.23. The number of nitrogens with one attached hydrogen (secondary N) is 4. The van der Waals surface area contributed by atoms with Crippen molar-refractivity contribution in [1.29, 1.82) is 0 Å². The van der Waals surface area contributed by atoms with Crippen LogP contribution in [0.5, 0.6) is 5.75 Å². The second-order valence-electron chi connectivity index (χ2n) is 11.6. The predicted molar refractivity (Wildman–Crippen MR) is 173 cm³/mol. The molecular formula is C34H35FN8O. The zero-order valence-corrected chi connectivity index (χ0v) is 24.8. The van der Waals surface area contributed by atoms with E-state index < -0.39 is 0 Å². The van der Waals surface area contributed by atoms with Crippen molar-refractivity contribution >= 4 is 27.5 Å². The van der Waals surface area contributed by atoms with Gasteiger partial charge in [-0.05, 0) is 93.6 Å². The Bertz CT molecular complexity index is 1920. The van der Waals surface area contributed by atoms with Gasteiger partial charge in [-0.15, -0.1) is 0 Å². The summed E-state index contributed by atoms with van der Waals surface area (Å²) in [6.07, 6.45) is 9.40. The molecule has 0 aliphatic carbocycles. The maximum Gasteiger partial charge on any atom is 0.138 e. The number of benzene rings is 2. The van der Waals surface area contributed by atoms with Gasteiger partial charge in [0.25, 0.3) is 0 Å². The summed E-state index contributed by atoms with van der Waals surface area (Å²) in [6.45, 7) is 3.51. The van der Waals surface area contributed by atoms with E-state index in [0.717, 1.165) is 99.4 Å². The van der Waals surface area contributed by atoms with Crippen molar-refractivity contribution in [3.8, 4) is 39.4 Å². The first-order chi connectivity index (χ1) is 21.5. The second kappa shape index (κ2) is 12.1. The number of fused-ring (bicyclic) bond motifs is 2. The van der Waals surface area contributed by atoms with Gasteiger partial charge in [-0.3, -0.25) is 15.1 Å². The van der Waals surface area contributed by atoms with Gasteiger partial charge in [-0.2, -0.15) is 5.10 Å². The largest absolute Gasteiger partial charge is 0.489 e. The number of halogens is 1. The van der Waals surface area contributed by atoms with Gasteiger partial charge < -0.3 is 25.3 Å². The molecule has 0 unspecified atom stereocenters. The number of rotatable bonds is 9. The Morgan fingerprint density at radius 1 is 0.886 bits per heavy atom. The van der Waals surface area contributed by atoms with E-state index in [0.29, 0.717) is 6.54 Å². The van der Waals surface area contributed by atoms with Crippen molar-refractivity contribution in [2.24, 2.45) is 0 Å². The third-order valence-electron chi connectivity index (χ3n) is 8.10. The van der Waals surface area contributed by atoms with Crippen LogP contribution < -0.4 is 15.4 Å². The van der Waals surface area contributed by atoms with Crippen LogP contribution in [0.25, 0.3) is 55.4 Å². The maximum atomic E-state index is 14.7. The first-order valence-corrected chi connectivity index (χ1v) is 15.0. The van der Waals surface area contributed by atoms with Crippen LogP contribution in [0.1, 0.15) is 12.8 Å². The van der Waals surface area contributed by atoms with E-state index >= 15 is 0 Å². The van der Waals surface area contributed by atoms with E-state index in [2.05, 4.69) is 64.9 Å². The molecule has 2 aromatic carbocycles. The summed E-state index contributed by atoms with van der Waals surface area (Å²) < 4.78 is 21.0. The van der Waals surface area contributed by atoms with Crippen molar-refractivity contribution in [3.05, 3.63) is 79.1 Å². The van der Waals surface area contributed by atoms with E-state index in [1.54, 1.807) is 24.7 Å². The fourth-order valence-electron chi connectivity index (χ4n) is 5.83. The highest BCUT2D eigenvalue weighted by Gasteiger charge is 2.17. The first-order valence-electron chi connectivity index (χ1n) is 15.0. The molecule has 1 fully saturated rings. The minimum absolute atomic E-state index is 0.205. The standard InChI is InChI=1S/C34H35FN8O/c1-43(2)10-9-39-25-12-22(11-24(35)15-25)30-19-38-20-33-28(30)16-32(40-33)34-29-14-21(3-4-31(29)41-42-34)23-13-27(18-37-17-23)44-26-5-7-36-8-6-26/h3-4,11-20,26,36,39-40H,5-10H2,1-2H3,(H,41,42). The highest BCUT2D eigenvalue weighted by atomic mass is 19.1. The molecule has 0 amide bonds. The molecule has 6 aromatic rings. The number of H-pyrrole nitrogens is 2. The number of piperidine rings is 1. The van der Waals surface area contributed by atoms with Crippen LogP contribution in [-0.2, 0) is 0 Å². The Morgan fingerprint density at radius 3 is 2.61 bits per heavy atom. The number of aromatic amines is 2. The molecule has 4 aromatic heterocycles. The lowest BCUT2D eigenvalue weighted by molar-refractivity contribution is 0.162. The van der Waals surface area contributed by atoms with Crippen LogP contribution in [0.3, 0.4) is 0 Å². The molecule has 1 saturated heterocycles. The van der Waals surface area contributed by atoms with Gasteiger partial charge in [0.1, 0.15) is 23.4 Å². The average Bonchev–Trinajstić information content (AvgIpc) is 3.65. The summed E-state index contributed by atoms with van der Waals surface area (Å²) in [6, 6.07) is 15.4. The van der Waals surface area contributed by atoms with E-state index in [1.807, 2.05) is 32.4 Å². The van der Waals surface area contributed by atoms with Gasteiger partial charge in [-0.1, -0.05) is 6.07 Å². The molecule has 9 nitrogen and oxygen atoms in total. The van der Waals surface area contributed by atoms with Crippen LogP contribution in [-0.4, -0.2) is 76.4 Å². The lowest BCUT2D eigenvalue weighted by atomic mass is 10.0. The molecule has 0 saturated carbocycles. The monoisotopic (exact) mass is 590 g/mol. The zero-order valence-electron chi connectivity index (χ0n) is 24.8. The van der Waals surface area contributed by atoms with Crippen LogP contribution in [0.15, 0.2) is 73.3 Å². The smallest absolute Gasteiger partial charge is 0.138 e. The average molecular weight is 591 g/mol. The van der Waals surface area contributed by atoms with E-state index in [-0.39, 0.29) is 11.9 Å². The zero-order chi connectivity index (χ0) is 30.0. The van der Waals surface area contributed by atoms with E-state index in [4.69, 9.17) is 4.74 Å². The minimum Gasteiger partial charge on any atom is -0.489 e. The Morgan fingerprint density at radius 2 is 1.75 bits per heavy atom. The third-order valence-corrected chi connectivity index (χ3v) is 8.10. The van der Waals surface area contributed by atoms with E-state index in [9.17, 15) is 4.39 Å². The van der Waals surface area contributed by atoms with Gasteiger partial charge in [0.2, 0.25) is 0 Å². The Labute approximate surface area is 254 Å². The van der Waals surface area contributed by atoms with Crippen molar-refractivity contribution < 1.29 is 9.13 Å². The molecule has 0 atom stereocenters. The molecule has 44 heavy (non-hydrogen) atoms. The molecule has 0 spiro atoms. The molecule has 5 heterocycles. The fourth-order valence-corrected chi connectivity index (χ4v) is 5.83. The minimum atomic E-state index is -0.298. The molecule has 1 aliphatic rings. The van der Waals surface area contributed by atoms with Gasteiger partial charge in [-0.25, -0.2) is 4.39 Å². The predicted octanol–water partition coefficient (Wildman–Crippen LogP) is 6.08. The lowest BCUT2D eigenvalue weighted by Crippen LogP contribution is -2.34. The van der Waals surface area contributed by atoms with Gasteiger partial charge in [0, 0.05) is 53.1 Å². The second-order valence-corrected chi connectivity index (χ2v) is 11.6. The maximum absolute atomic E-state index is 14.7. The molecule has 224 valence electrons. The van der Waals surface area contributed by atoms with Gasteiger partial charge in [0.05, 0.1) is 29.1 Å². The van der Waals surface area contributed by atoms with Crippen molar-refractivity contribution in [3.63, 3.8) is 0 Å². The molecule has 10 heteroatoms. The Balaban J connectivity index is 1.21.